The lowest BCUT2D eigenvalue weighted by atomic mass is 10.00. The molecule has 0 bridgehead atoms. The molecule has 2 rings (SSSR count). The maximum atomic E-state index is 11.6. The van der Waals surface area contributed by atoms with Crippen molar-refractivity contribution in [2.45, 2.75) is 12.5 Å². The third kappa shape index (κ3) is 1.94. The molecule has 1 aliphatic carbocycles. The van der Waals surface area contributed by atoms with E-state index < -0.39 is 6.10 Å². The number of benzene rings is 1. The van der Waals surface area contributed by atoms with Crippen molar-refractivity contribution < 1.29 is 9.90 Å². The van der Waals surface area contributed by atoms with Crippen LogP contribution in [0.4, 0.5) is 0 Å². The molecule has 0 heterocycles. The van der Waals surface area contributed by atoms with E-state index in [1.807, 2.05) is 0 Å². The highest BCUT2D eigenvalue weighted by molar-refractivity contribution is 6.30. The van der Waals surface area contributed by atoms with Crippen LogP contribution < -0.4 is 0 Å². The summed E-state index contributed by atoms with van der Waals surface area (Å²) in [6.45, 7) is 3.64. The molecule has 1 atom stereocenters. The summed E-state index contributed by atoms with van der Waals surface area (Å²) in [5.74, 6) is -0.151. The van der Waals surface area contributed by atoms with E-state index in [4.69, 9.17) is 11.6 Å². The van der Waals surface area contributed by atoms with Crippen LogP contribution >= 0.6 is 11.6 Å². The number of hydrogen-bond donors (Lipinski definition) is 1. The Morgan fingerprint density at radius 2 is 1.94 bits per heavy atom. The van der Waals surface area contributed by atoms with Crippen molar-refractivity contribution in [3.63, 3.8) is 0 Å². The van der Waals surface area contributed by atoms with Crippen molar-refractivity contribution in [1.29, 1.82) is 0 Å². The van der Waals surface area contributed by atoms with Crippen LogP contribution in [0.25, 0.3) is 0 Å². The third-order valence-corrected chi connectivity index (χ3v) is 2.88. The minimum absolute atomic E-state index is 0.151. The zero-order valence-electron chi connectivity index (χ0n) is 8.61. The first kappa shape index (κ1) is 11.1. The second-order valence-corrected chi connectivity index (χ2v) is 4.19. The van der Waals surface area contributed by atoms with Crippen LogP contribution in [0, 0.1) is 0 Å². The van der Waals surface area contributed by atoms with E-state index in [9.17, 15) is 9.90 Å². The van der Waals surface area contributed by atoms with Gasteiger partial charge in [0.15, 0.2) is 5.78 Å². The summed E-state index contributed by atoms with van der Waals surface area (Å²) in [5, 5.41) is 10.6. The number of ketones is 1. The van der Waals surface area contributed by atoms with Crippen LogP contribution in [0.5, 0.6) is 0 Å². The third-order valence-electron chi connectivity index (χ3n) is 2.63. The molecule has 0 spiro atoms. The lowest BCUT2D eigenvalue weighted by Crippen LogP contribution is -2.08. The fourth-order valence-corrected chi connectivity index (χ4v) is 1.81. The Hall–Kier alpha value is -1.38. The summed E-state index contributed by atoms with van der Waals surface area (Å²) in [5.41, 5.74) is 1.61. The Morgan fingerprint density at radius 1 is 1.31 bits per heavy atom. The summed E-state index contributed by atoms with van der Waals surface area (Å²) in [7, 11) is 0. The predicted octanol–water partition coefficient (Wildman–Crippen LogP) is 2.83. The van der Waals surface area contributed by atoms with Crippen LogP contribution in [0.2, 0.25) is 5.02 Å². The van der Waals surface area contributed by atoms with Gasteiger partial charge in [0.25, 0.3) is 0 Å². The zero-order chi connectivity index (χ0) is 11.7. The van der Waals surface area contributed by atoms with Crippen molar-refractivity contribution in [2.24, 2.45) is 0 Å². The van der Waals surface area contributed by atoms with Crippen LogP contribution in [0.1, 0.15) is 18.1 Å². The molecule has 82 valence electrons. The minimum atomic E-state index is -0.885. The SMILES string of the molecule is C=C1CC=C(C(O)c2ccc(Cl)cc2)C1=O. The van der Waals surface area contributed by atoms with Gasteiger partial charge in [-0.15, -0.1) is 0 Å². The number of Topliss-reactive ketones (excluding diaryl/α,β-unsaturated/α-hetero) is 1. The Morgan fingerprint density at radius 3 is 2.44 bits per heavy atom. The van der Waals surface area contributed by atoms with Gasteiger partial charge in [-0.2, -0.15) is 0 Å². The van der Waals surface area contributed by atoms with Crippen molar-refractivity contribution in [2.75, 3.05) is 0 Å². The maximum Gasteiger partial charge on any atom is 0.187 e. The zero-order valence-corrected chi connectivity index (χ0v) is 9.37. The Balaban J connectivity index is 2.26. The highest BCUT2D eigenvalue weighted by atomic mass is 35.5. The van der Waals surface area contributed by atoms with Crippen molar-refractivity contribution in [3.05, 3.63) is 58.7 Å². The second kappa shape index (κ2) is 4.24. The van der Waals surface area contributed by atoms with Gasteiger partial charge in [-0.25, -0.2) is 0 Å². The van der Waals surface area contributed by atoms with Gasteiger partial charge in [0.1, 0.15) is 6.10 Å². The molecule has 1 unspecified atom stereocenters. The van der Waals surface area contributed by atoms with Crippen LogP contribution in [0.3, 0.4) is 0 Å². The first-order valence-corrected chi connectivity index (χ1v) is 5.33. The summed E-state index contributed by atoms with van der Waals surface area (Å²) in [6, 6.07) is 6.80. The minimum Gasteiger partial charge on any atom is -0.384 e. The molecule has 3 heteroatoms. The molecule has 1 aliphatic rings. The van der Waals surface area contributed by atoms with Gasteiger partial charge in [-0.1, -0.05) is 36.4 Å². The lowest BCUT2D eigenvalue weighted by Gasteiger charge is -2.11. The standard InChI is InChI=1S/C13H11ClO2/c1-8-2-7-11(12(8)15)13(16)9-3-5-10(14)6-4-9/h3-7,13,16H,1-2H2. The molecule has 0 fully saturated rings. The smallest absolute Gasteiger partial charge is 0.187 e. The van der Waals surface area contributed by atoms with E-state index in [-0.39, 0.29) is 5.78 Å². The molecule has 0 aliphatic heterocycles. The average Bonchev–Trinajstić information content (AvgIpc) is 2.60. The Labute approximate surface area is 98.9 Å². The summed E-state index contributed by atoms with van der Waals surface area (Å²) in [4.78, 5) is 11.6. The van der Waals surface area contributed by atoms with E-state index in [2.05, 4.69) is 6.58 Å². The molecular weight excluding hydrogens is 224 g/mol. The monoisotopic (exact) mass is 234 g/mol. The molecule has 1 aromatic rings. The fraction of sp³-hybridized carbons (Fsp3) is 0.154. The highest BCUT2D eigenvalue weighted by Crippen LogP contribution is 2.30. The molecule has 0 saturated carbocycles. The van der Waals surface area contributed by atoms with Gasteiger partial charge >= 0.3 is 0 Å². The molecule has 0 amide bonds. The van der Waals surface area contributed by atoms with Crippen molar-refractivity contribution in [1.82, 2.24) is 0 Å². The summed E-state index contributed by atoms with van der Waals surface area (Å²) < 4.78 is 0. The number of rotatable bonds is 2. The number of aliphatic hydroxyl groups is 1. The Bertz CT molecular complexity index is 471. The molecule has 0 radical (unpaired) electrons. The van der Waals surface area contributed by atoms with E-state index in [0.29, 0.717) is 28.2 Å². The number of carbonyl (C=O) groups is 1. The molecule has 1 aromatic carbocycles. The molecule has 2 nitrogen and oxygen atoms in total. The summed E-state index contributed by atoms with van der Waals surface area (Å²) in [6.07, 6.45) is 1.37. The van der Waals surface area contributed by atoms with Gasteiger partial charge in [0, 0.05) is 10.6 Å². The Kier molecular flexibility index (Phi) is 2.95. The number of allylic oxidation sites excluding steroid dienone is 2. The van der Waals surface area contributed by atoms with Gasteiger partial charge in [-0.05, 0) is 29.7 Å². The molecule has 0 saturated heterocycles. The predicted molar refractivity (Wildman–Crippen MR) is 63.3 cm³/mol. The van der Waals surface area contributed by atoms with Crippen LogP contribution in [0.15, 0.2) is 48.1 Å². The number of halogens is 1. The average molecular weight is 235 g/mol. The molecule has 1 N–H and O–H groups in total. The molecule has 0 aromatic heterocycles. The fourth-order valence-electron chi connectivity index (χ4n) is 1.68. The van der Waals surface area contributed by atoms with Crippen LogP contribution in [-0.2, 0) is 4.79 Å². The highest BCUT2D eigenvalue weighted by Gasteiger charge is 2.26. The van der Waals surface area contributed by atoms with E-state index >= 15 is 0 Å². The normalized spacial score (nSPS) is 17.5. The number of aliphatic hydroxyl groups excluding tert-OH is 1. The first-order chi connectivity index (χ1) is 7.59. The van der Waals surface area contributed by atoms with Gasteiger partial charge in [-0.3, -0.25) is 4.79 Å². The van der Waals surface area contributed by atoms with Crippen molar-refractivity contribution >= 4 is 17.4 Å². The van der Waals surface area contributed by atoms with Gasteiger partial charge < -0.3 is 5.11 Å². The van der Waals surface area contributed by atoms with Gasteiger partial charge in [0.2, 0.25) is 0 Å². The largest absolute Gasteiger partial charge is 0.384 e. The van der Waals surface area contributed by atoms with Gasteiger partial charge in [0.05, 0.1) is 0 Å². The first-order valence-electron chi connectivity index (χ1n) is 4.95. The number of carbonyl (C=O) groups excluding carboxylic acids is 1. The van der Waals surface area contributed by atoms with Crippen LogP contribution in [-0.4, -0.2) is 10.9 Å². The maximum absolute atomic E-state index is 11.6. The summed E-state index contributed by atoms with van der Waals surface area (Å²) >= 11 is 5.75. The van der Waals surface area contributed by atoms with E-state index in [0.717, 1.165) is 0 Å². The van der Waals surface area contributed by atoms with E-state index in [1.54, 1.807) is 30.3 Å². The molecule has 16 heavy (non-hydrogen) atoms. The topological polar surface area (TPSA) is 37.3 Å². The molecular formula is C13H11ClO2. The van der Waals surface area contributed by atoms with Crippen molar-refractivity contribution in [3.8, 4) is 0 Å². The second-order valence-electron chi connectivity index (χ2n) is 3.75. The quantitative estimate of drug-likeness (QED) is 0.799. The van der Waals surface area contributed by atoms with E-state index in [1.165, 1.54) is 0 Å². The lowest BCUT2D eigenvalue weighted by molar-refractivity contribution is -0.112. The number of hydrogen-bond acceptors (Lipinski definition) is 2.